The van der Waals surface area contributed by atoms with Crippen molar-refractivity contribution in [3.63, 3.8) is 0 Å². The van der Waals surface area contributed by atoms with Crippen molar-refractivity contribution in [1.82, 2.24) is 19.3 Å². The van der Waals surface area contributed by atoms with Crippen LogP contribution in [0.4, 0.5) is 5.69 Å². The Bertz CT molecular complexity index is 362. The summed E-state index contributed by atoms with van der Waals surface area (Å²) in [6.45, 7) is 1.68. The lowest BCUT2D eigenvalue weighted by molar-refractivity contribution is 0.533. The summed E-state index contributed by atoms with van der Waals surface area (Å²) >= 11 is 0. The second kappa shape index (κ2) is 3.30. The van der Waals surface area contributed by atoms with Crippen molar-refractivity contribution in [1.29, 1.82) is 0 Å². The van der Waals surface area contributed by atoms with Crippen molar-refractivity contribution < 1.29 is 0 Å². The molecule has 2 aromatic rings. The van der Waals surface area contributed by atoms with Gasteiger partial charge >= 0.3 is 0 Å². The van der Waals surface area contributed by atoms with Gasteiger partial charge in [-0.1, -0.05) is 0 Å². The van der Waals surface area contributed by atoms with Crippen LogP contribution in [0.15, 0.2) is 31.1 Å². The maximum Gasteiger partial charge on any atom is 0.0946 e. The summed E-state index contributed by atoms with van der Waals surface area (Å²) < 4.78 is 3.81. The molecule has 0 spiro atoms. The Balaban J connectivity index is 1.93. The summed E-state index contributed by atoms with van der Waals surface area (Å²) in [6, 6.07) is 0. The van der Waals surface area contributed by atoms with Gasteiger partial charge in [0.2, 0.25) is 0 Å². The van der Waals surface area contributed by atoms with E-state index in [9.17, 15) is 0 Å². The van der Waals surface area contributed by atoms with E-state index < -0.39 is 0 Å². The van der Waals surface area contributed by atoms with E-state index in [4.69, 9.17) is 5.73 Å². The summed E-state index contributed by atoms with van der Waals surface area (Å²) in [5.41, 5.74) is 6.22. The highest BCUT2D eigenvalue weighted by Gasteiger charge is 1.94. The topological polar surface area (TPSA) is 61.7 Å². The van der Waals surface area contributed by atoms with Crippen molar-refractivity contribution in [3.05, 3.63) is 31.1 Å². The molecule has 2 N–H and O–H groups in total. The summed E-state index contributed by atoms with van der Waals surface area (Å²) in [6.07, 6.45) is 8.93. The second-order valence-electron chi connectivity index (χ2n) is 2.84. The molecular formula is C8H11N5. The van der Waals surface area contributed by atoms with E-state index in [-0.39, 0.29) is 0 Å². The van der Waals surface area contributed by atoms with E-state index in [2.05, 4.69) is 10.1 Å². The van der Waals surface area contributed by atoms with Crippen LogP contribution in [-0.2, 0) is 13.1 Å². The van der Waals surface area contributed by atoms with E-state index in [1.54, 1.807) is 18.7 Å². The molecule has 2 aromatic heterocycles. The first kappa shape index (κ1) is 7.85. The van der Waals surface area contributed by atoms with Gasteiger partial charge in [-0.05, 0) is 0 Å². The fraction of sp³-hybridized carbons (Fsp3) is 0.250. The van der Waals surface area contributed by atoms with Crippen molar-refractivity contribution in [2.45, 2.75) is 13.1 Å². The Morgan fingerprint density at radius 3 is 2.92 bits per heavy atom. The lowest BCUT2D eigenvalue weighted by Crippen LogP contribution is -2.05. The van der Waals surface area contributed by atoms with Crippen molar-refractivity contribution in [3.8, 4) is 0 Å². The number of hydrogen-bond acceptors (Lipinski definition) is 3. The molecule has 0 bridgehead atoms. The molecule has 0 aromatic carbocycles. The predicted octanol–water partition coefficient (Wildman–Crippen LogP) is 0.362. The van der Waals surface area contributed by atoms with Gasteiger partial charge in [-0.25, -0.2) is 4.98 Å². The quantitative estimate of drug-likeness (QED) is 0.736. The average molecular weight is 177 g/mol. The van der Waals surface area contributed by atoms with Gasteiger partial charge < -0.3 is 10.3 Å². The van der Waals surface area contributed by atoms with Crippen LogP contribution in [0.2, 0.25) is 0 Å². The Hall–Kier alpha value is -1.78. The van der Waals surface area contributed by atoms with Crippen LogP contribution in [0.25, 0.3) is 0 Å². The normalized spacial score (nSPS) is 10.5. The number of rotatable bonds is 3. The minimum absolute atomic E-state index is 0.700. The molecular weight excluding hydrogens is 166 g/mol. The van der Waals surface area contributed by atoms with Crippen molar-refractivity contribution in [2.24, 2.45) is 0 Å². The van der Waals surface area contributed by atoms with Crippen LogP contribution >= 0.6 is 0 Å². The highest BCUT2D eigenvalue weighted by Crippen LogP contribution is 1.98. The minimum atomic E-state index is 0.700. The fourth-order valence-corrected chi connectivity index (χ4v) is 1.14. The van der Waals surface area contributed by atoms with E-state index in [1.807, 2.05) is 21.6 Å². The molecule has 5 heteroatoms. The largest absolute Gasteiger partial charge is 0.396 e. The number of nitrogen functional groups attached to an aromatic ring is 1. The number of nitrogens with two attached hydrogens (primary N) is 1. The average Bonchev–Trinajstić information content (AvgIpc) is 2.71. The molecule has 0 unspecified atom stereocenters. The number of hydrogen-bond donors (Lipinski definition) is 1. The van der Waals surface area contributed by atoms with E-state index in [0.29, 0.717) is 5.69 Å². The lowest BCUT2D eigenvalue weighted by Gasteiger charge is -2.01. The summed E-state index contributed by atoms with van der Waals surface area (Å²) in [5.74, 6) is 0. The van der Waals surface area contributed by atoms with Gasteiger partial charge in [0, 0.05) is 25.1 Å². The first-order chi connectivity index (χ1) is 6.34. The third-order valence-corrected chi connectivity index (χ3v) is 1.80. The maximum atomic E-state index is 5.53. The van der Waals surface area contributed by atoms with Gasteiger partial charge in [0.15, 0.2) is 0 Å². The molecule has 0 aliphatic rings. The molecule has 0 aliphatic carbocycles. The molecule has 2 rings (SSSR count). The SMILES string of the molecule is Nc1cnn(CCn2ccnc2)c1. The van der Waals surface area contributed by atoms with Gasteiger partial charge in [-0.2, -0.15) is 5.10 Å². The van der Waals surface area contributed by atoms with Gasteiger partial charge in [0.1, 0.15) is 0 Å². The van der Waals surface area contributed by atoms with Gasteiger partial charge in [-0.3, -0.25) is 4.68 Å². The minimum Gasteiger partial charge on any atom is -0.396 e. The molecule has 0 fully saturated rings. The number of aromatic nitrogens is 4. The van der Waals surface area contributed by atoms with E-state index >= 15 is 0 Å². The summed E-state index contributed by atoms with van der Waals surface area (Å²) in [4.78, 5) is 3.95. The molecule has 0 saturated heterocycles. The first-order valence-electron chi connectivity index (χ1n) is 4.08. The summed E-state index contributed by atoms with van der Waals surface area (Å²) in [5, 5.41) is 4.07. The zero-order valence-corrected chi connectivity index (χ0v) is 7.17. The molecule has 68 valence electrons. The lowest BCUT2D eigenvalue weighted by atomic mass is 10.6. The van der Waals surface area contributed by atoms with Crippen LogP contribution in [0.3, 0.4) is 0 Å². The highest BCUT2D eigenvalue weighted by molar-refractivity contribution is 5.30. The van der Waals surface area contributed by atoms with Crippen LogP contribution in [0.5, 0.6) is 0 Å². The van der Waals surface area contributed by atoms with Gasteiger partial charge in [0.05, 0.1) is 24.8 Å². The van der Waals surface area contributed by atoms with Crippen molar-refractivity contribution in [2.75, 3.05) is 5.73 Å². The van der Waals surface area contributed by atoms with E-state index in [1.165, 1.54) is 0 Å². The molecule has 0 atom stereocenters. The third-order valence-electron chi connectivity index (χ3n) is 1.80. The molecule has 2 heterocycles. The van der Waals surface area contributed by atoms with Crippen LogP contribution < -0.4 is 5.73 Å². The zero-order valence-electron chi connectivity index (χ0n) is 7.17. The Morgan fingerprint density at radius 1 is 1.38 bits per heavy atom. The number of imidazole rings is 1. The monoisotopic (exact) mass is 177 g/mol. The molecule has 5 nitrogen and oxygen atoms in total. The molecule has 0 amide bonds. The standard InChI is InChI=1S/C8H11N5/c9-8-5-11-13(6-8)4-3-12-2-1-10-7-12/h1-2,5-7H,3-4,9H2. The molecule has 0 aliphatic heterocycles. The van der Waals surface area contributed by atoms with Crippen LogP contribution in [-0.4, -0.2) is 19.3 Å². The molecule has 13 heavy (non-hydrogen) atoms. The smallest absolute Gasteiger partial charge is 0.0946 e. The zero-order chi connectivity index (χ0) is 9.10. The molecule has 0 saturated carbocycles. The van der Waals surface area contributed by atoms with Gasteiger partial charge in [-0.15, -0.1) is 0 Å². The second-order valence-corrected chi connectivity index (χ2v) is 2.84. The predicted molar refractivity (Wildman–Crippen MR) is 48.9 cm³/mol. The first-order valence-corrected chi connectivity index (χ1v) is 4.08. The molecule has 0 radical (unpaired) electrons. The Morgan fingerprint density at radius 2 is 2.31 bits per heavy atom. The Labute approximate surface area is 75.8 Å². The maximum absolute atomic E-state index is 5.53. The number of aryl methyl sites for hydroxylation is 2. The fourth-order valence-electron chi connectivity index (χ4n) is 1.14. The Kier molecular flexibility index (Phi) is 1.99. The van der Waals surface area contributed by atoms with E-state index in [0.717, 1.165) is 13.1 Å². The highest BCUT2D eigenvalue weighted by atomic mass is 15.3. The van der Waals surface area contributed by atoms with Crippen LogP contribution in [0.1, 0.15) is 0 Å². The van der Waals surface area contributed by atoms with Crippen LogP contribution in [0, 0.1) is 0 Å². The van der Waals surface area contributed by atoms with Crippen molar-refractivity contribution >= 4 is 5.69 Å². The third kappa shape index (κ3) is 1.87. The van der Waals surface area contributed by atoms with Gasteiger partial charge in [0.25, 0.3) is 0 Å². The summed E-state index contributed by atoms with van der Waals surface area (Å²) in [7, 11) is 0. The number of anilines is 1. The number of nitrogens with zero attached hydrogens (tertiary/aromatic N) is 4.